The number of carbonyl (C=O) groups is 1. The third-order valence-electron chi connectivity index (χ3n) is 8.59. The van der Waals surface area contributed by atoms with E-state index >= 15 is 0 Å². The minimum atomic E-state index is -0.790. The molecular weight excluding hydrogens is 580 g/mol. The summed E-state index contributed by atoms with van der Waals surface area (Å²) in [6.45, 7) is 4.75. The summed E-state index contributed by atoms with van der Waals surface area (Å²) >= 11 is 7.87. The van der Waals surface area contributed by atoms with Crippen molar-refractivity contribution in [2.45, 2.75) is 67.6 Å². The zero-order chi connectivity index (χ0) is 29.6. The number of aromatic nitrogens is 4. The highest BCUT2D eigenvalue weighted by molar-refractivity contribution is 7.99. The highest BCUT2D eigenvalue weighted by atomic mass is 35.5. The number of amides is 1. The van der Waals surface area contributed by atoms with Gasteiger partial charge in [-0.3, -0.25) is 14.2 Å². The van der Waals surface area contributed by atoms with Crippen molar-refractivity contribution in [3.8, 4) is 5.88 Å². The lowest BCUT2D eigenvalue weighted by Gasteiger charge is -2.41. The largest absolute Gasteiger partial charge is 0.493 e. The van der Waals surface area contributed by atoms with Crippen LogP contribution in [0.1, 0.15) is 48.8 Å². The maximum absolute atomic E-state index is 13.1. The van der Waals surface area contributed by atoms with E-state index in [9.17, 15) is 14.7 Å². The van der Waals surface area contributed by atoms with Crippen LogP contribution in [0.5, 0.6) is 5.88 Å². The fraction of sp³-hybridized carbons (Fsp3) is 0.464. The molecule has 3 aliphatic heterocycles. The molecule has 3 aliphatic rings. The fourth-order valence-corrected chi connectivity index (χ4v) is 7.10. The first-order valence-electron chi connectivity index (χ1n) is 14.0. The van der Waals surface area contributed by atoms with Crippen molar-refractivity contribution >= 4 is 46.6 Å². The van der Waals surface area contributed by atoms with Gasteiger partial charge in [-0.1, -0.05) is 29.4 Å². The van der Waals surface area contributed by atoms with E-state index in [-0.39, 0.29) is 34.1 Å². The number of nitrogens with two attached hydrogens (primary N) is 2. The molecule has 3 aromatic rings. The quantitative estimate of drug-likeness (QED) is 0.333. The molecule has 1 aromatic carbocycles. The standard InChI is InChI=1S/C28H33ClN8O4S/c1-15-22(30)28(14-41-15)8-11-36(12-9-28)19-13-32-26(23(31)34-19)42-17-6-4-5-16(21(17)29)33-24(38)20-25(39)35-18-7-2-3-10-37(18)27(20)40/h4-6,13,15,22,39H,2-3,7-12,14,30H2,1H3,(H2,31,34)(H,33,38)/t15-,22+/m0/s1. The maximum atomic E-state index is 13.1. The Labute approximate surface area is 251 Å². The van der Waals surface area contributed by atoms with Crippen molar-refractivity contribution in [3.05, 3.63) is 51.2 Å². The third-order valence-corrected chi connectivity index (χ3v) is 10.2. The van der Waals surface area contributed by atoms with Gasteiger partial charge in [-0.15, -0.1) is 0 Å². The number of piperidine rings is 1. The van der Waals surface area contributed by atoms with Gasteiger partial charge in [-0.2, -0.15) is 4.98 Å². The van der Waals surface area contributed by atoms with Gasteiger partial charge in [0.1, 0.15) is 16.7 Å². The van der Waals surface area contributed by atoms with E-state index in [0.29, 0.717) is 41.1 Å². The first-order chi connectivity index (χ1) is 20.2. The Kier molecular flexibility index (Phi) is 7.77. The van der Waals surface area contributed by atoms with Gasteiger partial charge in [0.25, 0.3) is 11.5 Å². The summed E-state index contributed by atoms with van der Waals surface area (Å²) in [5, 5.41) is 13.7. The van der Waals surface area contributed by atoms with Crippen molar-refractivity contribution in [1.82, 2.24) is 19.5 Å². The van der Waals surface area contributed by atoms with Crippen molar-refractivity contribution in [2.75, 3.05) is 35.6 Å². The molecule has 222 valence electrons. The maximum Gasteiger partial charge on any atom is 0.270 e. The summed E-state index contributed by atoms with van der Waals surface area (Å²) in [4.78, 5) is 42.0. The number of benzene rings is 1. The zero-order valence-electron chi connectivity index (χ0n) is 23.2. The van der Waals surface area contributed by atoms with Gasteiger partial charge in [0.2, 0.25) is 5.88 Å². The number of anilines is 3. The summed E-state index contributed by atoms with van der Waals surface area (Å²) in [6.07, 6.45) is 5.85. The normalized spacial score (nSPS) is 21.4. The molecule has 2 atom stereocenters. The molecule has 5 heterocycles. The average Bonchev–Trinajstić information content (AvgIpc) is 3.25. The van der Waals surface area contributed by atoms with Crippen LogP contribution >= 0.6 is 23.4 Å². The molecule has 0 radical (unpaired) electrons. The average molecular weight is 613 g/mol. The van der Waals surface area contributed by atoms with E-state index in [0.717, 1.165) is 38.8 Å². The molecule has 0 aliphatic carbocycles. The number of halogens is 1. The Bertz CT molecular complexity index is 1590. The van der Waals surface area contributed by atoms with Crippen LogP contribution in [-0.2, 0) is 17.7 Å². The minimum Gasteiger partial charge on any atom is -0.493 e. The van der Waals surface area contributed by atoms with Gasteiger partial charge in [0.15, 0.2) is 11.4 Å². The van der Waals surface area contributed by atoms with Crippen molar-refractivity contribution < 1.29 is 14.6 Å². The van der Waals surface area contributed by atoms with Crippen LogP contribution in [-0.4, -0.2) is 62.4 Å². The molecule has 2 saturated heterocycles. The fourth-order valence-electron chi connectivity index (χ4n) is 6.00. The first-order valence-corrected chi connectivity index (χ1v) is 15.2. The molecule has 2 fully saturated rings. The summed E-state index contributed by atoms with van der Waals surface area (Å²) in [6, 6.07) is 5.11. The summed E-state index contributed by atoms with van der Waals surface area (Å²) in [5.74, 6) is 0.0580. The Hall–Kier alpha value is -3.39. The van der Waals surface area contributed by atoms with E-state index in [1.807, 2.05) is 6.92 Å². The molecule has 0 saturated carbocycles. The number of carbonyl (C=O) groups excluding carboxylic acids is 1. The third kappa shape index (κ3) is 5.19. The predicted octanol–water partition coefficient (Wildman–Crippen LogP) is 3.05. The summed E-state index contributed by atoms with van der Waals surface area (Å²) < 4.78 is 7.27. The zero-order valence-corrected chi connectivity index (χ0v) is 24.7. The second-order valence-corrected chi connectivity index (χ2v) is 12.5. The van der Waals surface area contributed by atoms with Crippen LogP contribution < -0.4 is 27.2 Å². The second kappa shape index (κ2) is 11.4. The number of hydrogen-bond acceptors (Lipinski definition) is 11. The lowest BCUT2D eigenvalue weighted by atomic mass is 9.73. The minimum absolute atomic E-state index is 0.00508. The molecule has 6 N–H and O–H groups in total. The van der Waals surface area contributed by atoms with E-state index in [1.165, 1.54) is 16.3 Å². The van der Waals surface area contributed by atoms with E-state index in [4.69, 9.17) is 27.8 Å². The van der Waals surface area contributed by atoms with Crippen LogP contribution in [0.15, 0.2) is 39.1 Å². The number of nitrogens with zero attached hydrogens (tertiary/aromatic N) is 5. The predicted molar refractivity (Wildman–Crippen MR) is 160 cm³/mol. The molecular formula is C28H33ClN8O4S. The highest BCUT2D eigenvalue weighted by Crippen LogP contribution is 2.42. The number of aromatic hydroxyl groups is 1. The van der Waals surface area contributed by atoms with Gasteiger partial charge in [-0.05, 0) is 44.7 Å². The van der Waals surface area contributed by atoms with Crippen molar-refractivity contribution in [2.24, 2.45) is 11.1 Å². The van der Waals surface area contributed by atoms with Crippen LogP contribution in [0.25, 0.3) is 0 Å². The number of rotatable bonds is 5. The molecule has 14 heteroatoms. The summed E-state index contributed by atoms with van der Waals surface area (Å²) in [7, 11) is 0. The van der Waals surface area contributed by atoms with Gasteiger partial charge >= 0.3 is 0 Å². The number of ether oxygens (including phenoxy) is 1. The molecule has 0 bridgehead atoms. The van der Waals surface area contributed by atoms with Crippen LogP contribution in [0.4, 0.5) is 17.3 Å². The van der Waals surface area contributed by atoms with Crippen LogP contribution in [0.2, 0.25) is 5.02 Å². The number of fused-ring (bicyclic) bond motifs is 1. The molecule has 42 heavy (non-hydrogen) atoms. The van der Waals surface area contributed by atoms with Crippen molar-refractivity contribution in [1.29, 1.82) is 0 Å². The number of nitrogens with one attached hydrogen (secondary N) is 1. The Balaban J connectivity index is 1.16. The van der Waals surface area contributed by atoms with Crippen molar-refractivity contribution in [3.63, 3.8) is 0 Å². The highest BCUT2D eigenvalue weighted by Gasteiger charge is 2.47. The lowest BCUT2D eigenvalue weighted by molar-refractivity contribution is 0.0974. The number of nitrogen functional groups attached to an aromatic ring is 1. The van der Waals surface area contributed by atoms with Gasteiger partial charge in [-0.25, -0.2) is 9.97 Å². The monoisotopic (exact) mass is 612 g/mol. The first kappa shape index (κ1) is 28.7. The SMILES string of the molecule is C[C@@H]1OCC2(CCN(c3cnc(Sc4cccc(NC(=O)c5c(O)nc6n(c5=O)CCCC6)c4Cl)c(N)n3)CC2)[C@@H]1N. The van der Waals surface area contributed by atoms with Crippen LogP contribution in [0.3, 0.4) is 0 Å². The Morgan fingerprint density at radius 3 is 2.74 bits per heavy atom. The molecule has 6 rings (SSSR count). The Morgan fingerprint density at radius 2 is 2.02 bits per heavy atom. The lowest BCUT2D eigenvalue weighted by Crippen LogP contribution is -2.50. The molecule has 2 aromatic heterocycles. The van der Waals surface area contributed by atoms with E-state index < -0.39 is 22.9 Å². The van der Waals surface area contributed by atoms with E-state index in [2.05, 4.69) is 25.2 Å². The molecule has 12 nitrogen and oxygen atoms in total. The molecule has 0 unspecified atom stereocenters. The van der Waals surface area contributed by atoms with Gasteiger partial charge < -0.3 is 31.5 Å². The van der Waals surface area contributed by atoms with E-state index in [1.54, 1.807) is 24.4 Å². The Morgan fingerprint density at radius 1 is 1.24 bits per heavy atom. The van der Waals surface area contributed by atoms with Gasteiger partial charge in [0.05, 0.1) is 29.6 Å². The topological polar surface area (TPSA) is 175 Å². The number of hydrogen-bond donors (Lipinski definition) is 4. The second-order valence-electron chi connectivity index (χ2n) is 11.1. The summed E-state index contributed by atoms with van der Waals surface area (Å²) in [5.41, 5.74) is 12.1. The smallest absolute Gasteiger partial charge is 0.270 e. The molecule has 1 amide bonds. The molecule has 1 spiro atoms. The number of aryl methyl sites for hydroxylation is 1. The van der Waals surface area contributed by atoms with Gasteiger partial charge in [0, 0.05) is 42.4 Å². The van der Waals surface area contributed by atoms with Crippen LogP contribution in [0, 0.1) is 5.41 Å².